The lowest BCUT2D eigenvalue weighted by molar-refractivity contribution is 0.0523. The summed E-state index contributed by atoms with van der Waals surface area (Å²) in [7, 11) is -1.83. The van der Waals surface area contributed by atoms with E-state index in [0.717, 1.165) is 20.1 Å². The molecule has 0 saturated heterocycles. The number of ether oxygens (including phenoxy) is 1. The minimum atomic E-state index is -1.83. The Hall–Kier alpha value is -0.373. The first-order valence-electron chi connectivity index (χ1n) is 8.70. The molecule has 1 amide bonds. The van der Waals surface area contributed by atoms with Crippen LogP contribution in [0.15, 0.2) is 21.1 Å². The summed E-state index contributed by atoms with van der Waals surface area (Å²) in [5.74, 6) is 0. The van der Waals surface area contributed by atoms with Gasteiger partial charge in [-0.15, -0.1) is 0 Å². The van der Waals surface area contributed by atoms with Crippen molar-refractivity contribution in [1.82, 2.24) is 5.32 Å². The highest BCUT2D eigenvalue weighted by molar-refractivity contribution is 9.11. The maximum atomic E-state index is 11.9. The lowest BCUT2D eigenvalue weighted by Crippen LogP contribution is -2.40. The standard InChI is InChI=1S/C19H31Br2NO3Si/c1-18(2,3)25-17(23)22-11-14-15(20)10-9-13(16(14)21)12-24-26(7,8)19(4,5)6/h9-10H,11-12H2,1-8H3,(H,22,23). The van der Waals surface area contributed by atoms with E-state index in [-0.39, 0.29) is 5.04 Å². The van der Waals surface area contributed by atoms with Crippen molar-refractivity contribution in [1.29, 1.82) is 0 Å². The summed E-state index contributed by atoms with van der Waals surface area (Å²) < 4.78 is 13.5. The third kappa shape index (κ3) is 6.98. The summed E-state index contributed by atoms with van der Waals surface area (Å²) in [6.07, 6.45) is -0.431. The number of halogens is 2. The van der Waals surface area contributed by atoms with Crippen molar-refractivity contribution in [2.45, 2.75) is 78.4 Å². The molecule has 1 rings (SSSR count). The molecule has 1 aromatic carbocycles. The van der Waals surface area contributed by atoms with Crippen LogP contribution >= 0.6 is 31.9 Å². The lowest BCUT2D eigenvalue weighted by Gasteiger charge is -2.36. The normalized spacial score (nSPS) is 12.8. The Morgan fingerprint density at radius 2 is 1.69 bits per heavy atom. The molecule has 0 fully saturated rings. The van der Waals surface area contributed by atoms with Crippen molar-refractivity contribution < 1.29 is 14.0 Å². The van der Waals surface area contributed by atoms with Crippen molar-refractivity contribution in [3.8, 4) is 0 Å². The fourth-order valence-electron chi connectivity index (χ4n) is 1.87. The highest BCUT2D eigenvalue weighted by Crippen LogP contribution is 2.38. The van der Waals surface area contributed by atoms with Gasteiger partial charge in [0.15, 0.2) is 8.32 Å². The molecule has 148 valence electrons. The molecule has 0 atom stereocenters. The molecule has 0 aromatic heterocycles. The molecular formula is C19H31Br2NO3Si. The van der Waals surface area contributed by atoms with Gasteiger partial charge < -0.3 is 14.5 Å². The maximum absolute atomic E-state index is 11.9. The predicted octanol–water partition coefficient (Wildman–Crippen LogP) is 6.76. The first kappa shape index (κ1) is 23.7. The second kappa shape index (κ2) is 8.75. The Morgan fingerprint density at radius 1 is 1.12 bits per heavy atom. The van der Waals surface area contributed by atoms with Crippen LogP contribution in [0.1, 0.15) is 52.7 Å². The van der Waals surface area contributed by atoms with Gasteiger partial charge in [0, 0.05) is 21.1 Å². The molecule has 0 heterocycles. The van der Waals surface area contributed by atoms with Crippen molar-refractivity contribution in [3.05, 3.63) is 32.2 Å². The van der Waals surface area contributed by atoms with Crippen molar-refractivity contribution in [2.24, 2.45) is 0 Å². The first-order chi connectivity index (χ1) is 11.6. The number of hydrogen-bond acceptors (Lipinski definition) is 3. The number of amides is 1. The molecule has 0 spiro atoms. The van der Waals surface area contributed by atoms with E-state index in [2.05, 4.69) is 71.0 Å². The third-order valence-electron chi connectivity index (χ3n) is 4.47. The van der Waals surface area contributed by atoms with E-state index >= 15 is 0 Å². The molecule has 0 bridgehead atoms. The van der Waals surface area contributed by atoms with Gasteiger partial charge in [0.05, 0.1) is 6.61 Å². The molecule has 0 unspecified atom stereocenters. The molecule has 26 heavy (non-hydrogen) atoms. The van der Waals surface area contributed by atoms with Gasteiger partial charge in [-0.05, 0) is 50.5 Å². The van der Waals surface area contributed by atoms with Crippen LogP contribution in [0.25, 0.3) is 0 Å². The molecule has 1 N–H and O–H groups in total. The largest absolute Gasteiger partial charge is 0.444 e. The average molecular weight is 509 g/mol. The van der Waals surface area contributed by atoms with E-state index in [4.69, 9.17) is 9.16 Å². The highest BCUT2D eigenvalue weighted by Gasteiger charge is 2.37. The van der Waals surface area contributed by atoms with Crippen molar-refractivity contribution in [2.75, 3.05) is 0 Å². The van der Waals surface area contributed by atoms with Crippen LogP contribution in [0.3, 0.4) is 0 Å². The minimum Gasteiger partial charge on any atom is -0.444 e. The van der Waals surface area contributed by atoms with Crippen LogP contribution in [0, 0.1) is 0 Å². The fourth-order valence-corrected chi connectivity index (χ4v) is 4.16. The number of carbonyl (C=O) groups excluding carboxylic acids is 1. The summed E-state index contributed by atoms with van der Waals surface area (Å²) in [4.78, 5) is 11.9. The molecule has 0 aliphatic heterocycles. The zero-order valence-electron chi connectivity index (χ0n) is 17.0. The summed E-state index contributed by atoms with van der Waals surface area (Å²) in [5.41, 5.74) is 1.52. The molecule has 4 nitrogen and oxygen atoms in total. The first-order valence-corrected chi connectivity index (χ1v) is 13.2. The number of carbonyl (C=O) groups is 1. The maximum Gasteiger partial charge on any atom is 0.407 e. The van der Waals surface area contributed by atoms with Gasteiger partial charge in [0.2, 0.25) is 0 Å². The summed E-state index contributed by atoms with van der Waals surface area (Å²) in [5, 5.41) is 2.97. The SMILES string of the molecule is CC(C)(C)OC(=O)NCc1c(Br)ccc(CO[Si](C)(C)C(C)(C)C)c1Br. The van der Waals surface area contributed by atoms with E-state index in [0.29, 0.717) is 13.2 Å². The summed E-state index contributed by atoms with van der Waals surface area (Å²) in [6, 6.07) is 4.03. The number of benzene rings is 1. The molecule has 1 aromatic rings. The predicted molar refractivity (Wildman–Crippen MR) is 117 cm³/mol. The molecule has 0 aliphatic rings. The van der Waals surface area contributed by atoms with Crippen LogP contribution in [0.5, 0.6) is 0 Å². The van der Waals surface area contributed by atoms with Gasteiger partial charge in [-0.1, -0.05) is 58.7 Å². The van der Waals surface area contributed by atoms with E-state index in [1.165, 1.54) is 0 Å². The van der Waals surface area contributed by atoms with Crippen LogP contribution in [-0.4, -0.2) is 20.0 Å². The number of hydrogen-bond donors (Lipinski definition) is 1. The monoisotopic (exact) mass is 507 g/mol. The molecule has 0 saturated carbocycles. The Morgan fingerprint density at radius 3 is 2.19 bits per heavy atom. The number of rotatable bonds is 5. The van der Waals surface area contributed by atoms with E-state index in [1.54, 1.807) is 0 Å². The fraction of sp³-hybridized carbons (Fsp3) is 0.632. The van der Waals surface area contributed by atoms with Gasteiger partial charge in [-0.2, -0.15) is 0 Å². The van der Waals surface area contributed by atoms with Gasteiger partial charge in [0.1, 0.15) is 5.60 Å². The summed E-state index contributed by atoms with van der Waals surface area (Å²) in [6.45, 7) is 17.6. The summed E-state index contributed by atoms with van der Waals surface area (Å²) >= 11 is 7.24. The number of alkyl carbamates (subject to hydrolysis) is 1. The Labute approximate surface area is 175 Å². The highest BCUT2D eigenvalue weighted by atomic mass is 79.9. The van der Waals surface area contributed by atoms with Gasteiger partial charge >= 0.3 is 6.09 Å². The van der Waals surface area contributed by atoms with Crippen LogP contribution in [0.2, 0.25) is 18.1 Å². The molecule has 0 aliphatic carbocycles. The molecule has 0 radical (unpaired) electrons. The zero-order chi connectivity index (χ0) is 20.3. The second-order valence-electron chi connectivity index (χ2n) is 8.90. The van der Waals surface area contributed by atoms with E-state index in [1.807, 2.05) is 32.9 Å². The molecular weight excluding hydrogens is 478 g/mol. The minimum absolute atomic E-state index is 0.163. The van der Waals surface area contributed by atoms with E-state index in [9.17, 15) is 4.79 Å². The topological polar surface area (TPSA) is 47.6 Å². The lowest BCUT2D eigenvalue weighted by atomic mass is 10.1. The van der Waals surface area contributed by atoms with Crippen LogP contribution in [-0.2, 0) is 22.3 Å². The van der Waals surface area contributed by atoms with Crippen LogP contribution in [0.4, 0.5) is 4.79 Å². The zero-order valence-corrected chi connectivity index (χ0v) is 21.2. The van der Waals surface area contributed by atoms with Gasteiger partial charge in [-0.3, -0.25) is 0 Å². The average Bonchev–Trinajstić information content (AvgIpc) is 2.43. The van der Waals surface area contributed by atoms with Crippen LogP contribution < -0.4 is 5.32 Å². The van der Waals surface area contributed by atoms with Gasteiger partial charge in [0.25, 0.3) is 0 Å². The smallest absolute Gasteiger partial charge is 0.407 e. The Balaban J connectivity index is 2.87. The number of nitrogens with one attached hydrogen (secondary N) is 1. The van der Waals surface area contributed by atoms with Crippen molar-refractivity contribution in [3.63, 3.8) is 0 Å². The quantitative estimate of drug-likeness (QED) is 0.447. The van der Waals surface area contributed by atoms with E-state index < -0.39 is 20.0 Å². The second-order valence-corrected chi connectivity index (χ2v) is 15.4. The Kier molecular flexibility index (Phi) is 7.97. The van der Waals surface area contributed by atoms with Crippen molar-refractivity contribution >= 4 is 46.3 Å². The third-order valence-corrected chi connectivity index (χ3v) is 10.7. The van der Waals surface area contributed by atoms with Gasteiger partial charge in [-0.25, -0.2) is 4.79 Å². The molecule has 7 heteroatoms. The Bertz CT molecular complexity index is 649.